The zero-order valence-corrected chi connectivity index (χ0v) is 12.9. The third kappa shape index (κ3) is 6.36. The molecule has 0 spiro atoms. The summed E-state index contributed by atoms with van der Waals surface area (Å²) in [5, 5.41) is 8.77. The maximum Gasteiger partial charge on any atom is 0.442 e. The van der Waals surface area contributed by atoms with Crippen LogP contribution in [0.5, 0.6) is 0 Å². The molecule has 0 saturated carbocycles. The summed E-state index contributed by atoms with van der Waals surface area (Å²) in [7, 11) is -3.11. The number of amides is 1. The van der Waals surface area contributed by atoms with Crippen LogP contribution in [-0.2, 0) is 20.2 Å². The molecule has 0 aliphatic carbocycles. The summed E-state index contributed by atoms with van der Waals surface area (Å²) < 4.78 is 33.9. The average molecular weight is 312 g/mol. The summed E-state index contributed by atoms with van der Waals surface area (Å²) in [6.07, 6.45) is -0.968. The zero-order chi connectivity index (χ0) is 16.1. The van der Waals surface area contributed by atoms with Gasteiger partial charge in [-0.25, -0.2) is 13.4 Å². The van der Waals surface area contributed by atoms with Crippen molar-refractivity contribution in [2.75, 3.05) is 5.75 Å². The molecule has 1 aromatic carbocycles. The van der Waals surface area contributed by atoms with Gasteiger partial charge in [-0.3, -0.25) is 0 Å². The number of nitriles is 1. The number of carbonyl (C=O) groups excluding carboxylic acids is 1. The predicted octanol–water partition coefficient (Wildman–Crippen LogP) is 3.25. The van der Waals surface area contributed by atoms with E-state index in [-0.39, 0.29) is 5.75 Å². The first-order valence-corrected chi connectivity index (χ1v) is 8.06. The average Bonchev–Trinajstić information content (AvgIpc) is 2.29. The van der Waals surface area contributed by atoms with Gasteiger partial charge in [0.2, 0.25) is 0 Å². The topological polar surface area (TPSA) is 79.5 Å². The monoisotopic (exact) mass is 312 g/mol. The third-order valence-electron chi connectivity index (χ3n) is 2.23. The van der Waals surface area contributed by atoms with Gasteiger partial charge in [0, 0.05) is 0 Å². The Balaban J connectivity index is 3.03. The van der Waals surface area contributed by atoms with Crippen molar-refractivity contribution in [1.29, 1.82) is 5.26 Å². The molecule has 114 valence electrons. The quantitative estimate of drug-likeness (QED) is 0.858. The summed E-state index contributed by atoms with van der Waals surface area (Å²) >= 11 is 0. The molecule has 0 aliphatic rings. The Hall–Kier alpha value is -1.94. The zero-order valence-electron chi connectivity index (χ0n) is 12.1. The Labute approximate surface area is 123 Å². The first-order chi connectivity index (χ1) is 9.63. The van der Waals surface area contributed by atoms with Crippen molar-refractivity contribution in [3.8, 4) is 6.07 Å². The van der Waals surface area contributed by atoms with E-state index in [0.717, 1.165) is 0 Å². The lowest BCUT2D eigenvalue weighted by Gasteiger charge is -2.17. The summed E-state index contributed by atoms with van der Waals surface area (Å²) in [4.78, 5) is 11.7. The highest BCUT2D eigenvalue weighted by Gasteiger charge is 2.19. The normalized spacial score (nSPS) is 13.9. The molecule has 21 heavy (non-hydrogen) atoms. The first kappa shape index (κ1) is 17.1. The van der Waals surface area contributed by atoms with Gasteiger partial charge < -0.3 is 4.74 Å². The van der Waals surface area contributed by atoms with Gasteiger partial charge in [0.1, 0.15) is 17.2 Å². The molecule has 1 rings (SSSR count). The molecular weight excluding hydrogens is 295 g/mol. The molecule has 1 amide bonds. The van der Waals surface area contributed by atoms with Crippen LogP contribution in [0.2, 0.25) is 0 Å². The highest BCUT2D eigenvalue weighted by Crippen LogP contribution is 2.13. The molecule has 1 unspecified atom stereocenters. The molecule has 5 nitrogen and oxygen atoms in total. The Kier molecular flexibility index (Phi) is 5.44. The number of rotatable bonds is 3. The van der Waals surface area contributed by atoms with E-state index >= 15 is 0 Å². The fourth-order valence-electron chi connectivity index (χ4n) is 1.47. The molecule has 0 N–H and O–H groups in total. The number of ether oxygens (including phenoxy) is 1. The van der Waals surface area contributed by atoms with Crippen LogP contribution in [0.3, 0.4) is 0 Å². The number of nitrogens with zero attached hydrogens (tertiary/aromatic N) is 2. The predicted molar refractivity (Wildman–Crippen MR) is 77.4 cm³/mol. The van der Waals surface area contributed by atoms with Crippen LogP contribution >= 0.6 is 0 Å². The second kappa shape index (κ2) is 6.68. The SMILES string of the molecule is CC(C)(C)OC(=O)N=S(=O)(CC#N)Cc1ccc(F)cc1. The minimum absolute atomic E-state index is 0.111. The van der Waals surface area contributed by atoms with Crippen molar-refractivity contribution in [2.24, 2.45) is 4.36 Å². The van der Waals surface area contributed by atoms with Gasteiger partial charge in [0.05, 0.1) is 21.6 Å². The van der Waals surface area contributed by atoms with Crippen LogP contribution in [-0.4, -0.2) is 21.7 Å². The van der Waals surface area contributed by atoms with Gasteiger partial charge in [0.25, 0.3) is 0 Å². The highest BCUT2D eigenvalue weighted by atomic mass is 32.2. The first-order valence-electron chi connectivity index (χ1n) is 6.20. The number of halogens is 1. The van der Waals surface area contributed by atoms with Crippen molar-refractivity contribution in [1.82, 2.24) is 0 Å². The fraction of sp³-hybridized carbons (Fsp3) is 0.429. The lowest BCUT2D eigenvalue weighted by molar-refractivity contribution is 0.0607. The standard InChI is InChI=1S/C14H17FN2O3S/c1-14(2,3)20-13(18)17-21(19,9-8-16)10-11-4-6-12(15)7-5-11/h4-7H,9-10H2,1-3H3. The fourth-order valence-corrected chi connectivity index (χ4v) is 2.93. The Bertz CT molecular complexity index is 663. The van der Waals surface area contributed by atoms with E-state index in [9.17, 15) is 13.4 Å². The van der Waals surface area contributed by atoms with Crippen molar-refractivity contribution in [2.45, 2.75) is 32.1 Å². The lowest BCUT2D eigenvalue weighted by atomic mass is 10.2. The largest absolute Gasteiger partial charge is 0.442 e. The van der Waals surface area contributed by atoms with Gasteiger partial charge in [-0.05, 0) is 38.5 Å². The van der Waals surface area contributed by atoms with Crippen molar-refractivity contribution in [3.63, 3.8) is 0 Å². The van der Waals surface area contributed by atoms with Gasteiger partial charge in [-0.1, -0.05) is 12.1 Å². The van der Waals surface area contributed by atoms with E-state index < -0.39 is 33.0 Å². The van der Waals surface area contributed by atoms with Crippen molar-refractivity contribution in [3.05, 3.63) is 35.6 Å². The van der Waals surface area contributed by atoms with Crippen LogP contribution in [0, 0.1) is 17.1 Å². The molecule has 0 aliphatic heterocycles. The number of benzene rings is 1. The van der Waals surface area contributed by atoms with Crippen LogP contribution in [0.1, 0.15) is 26.3 Å². The summed E-state index contributed by atoms with van der Waals surface area (Å²) in [6.45, 7) is 4.98. The van der Waals surface area contributed by atoms with Gasteiger partial charge in [-0.2, -0.15) is 5.26 Å². The number of hydrogen-bond acceptors (Lipinski definition) is 4. The van der Waals surface area contributed by atoms with Crippen molar-refractivity contribution < 1.29 is 18.1 Å². The molecule has 1 aromatic rings. The summed E-state index contributed by atoms with van der Waals surface area (Å²) in [5.74, 6) is -0.932. The van der Waals surface area contributed by atoms with Crippen LogP contribution < -0.4 is 0 Å². The summed E-state index contributed by atoms with van der Waals surface area (Å²) in [6, 6.07) is 7.07. The Morgan fingerprint density at radius 1 is 1.38 bits per heavy atom. The number of carbonyl (C=O) groups is 1. The minimum atomic E-state index is -3.11. The van der Waals surface area contributed by atoms with E-state index in [1.54, 1.807) is 26.8 Å². The molecular formula is C14H17FN2O3S. The van der Waals surface area contributed by atoms with E-state index in [0.29, 0.717) is 5.56 Å². The summed E-state index contributed by atoms with van der Waals surface area (Å²) in [5.41, 5.74) is -0.229. The molecule has 0 radical (unpaired) electrons. The van der Waals surface area contributed by atoms with E-state index in [1.165, 1.54) is 24.3 Å². The second-order valence-corrected chi connectivity index (χ2v) is 7.72. The maximum atomic E-state index is 12.8. The highest BCUT2D eigenvalue weighted by molar-refractivity contribution is 7.93. The number of hydrogen-bond donors (Lipinski definition) is 0. The van der Waals surface area contributed by atoms with Gasteiger partial charge in [-0.15, -0.1) is 4.36 Å². The molecule has 0 fully saturated rings. The van der Waals surface area contributed by atoms with E-state index in [2.05, 4.69) is 4.36 Å². The smallest absolute Gasteiger partial charge is 0.442 e. The van der Waals surface area contributed by atoms with Crippen molar-refractivity contribution >= 4 is 15.8 Å². The van der Waals surface area contributed by atoms with E-state index in [1.807, 2.05) is 0 Å². The van der Waals surface area contributed by atoms with Gasteiger partial charge in [0.15, 0.2) is 0 Å². The van der Waals surface area contributed by atoms with Crippen LogP contribution in [0.4, 0.5) is 9.18 Å². The molecule has 0 bridgehead atoms. The van der Waals surface area contributed by atoms with Gasteiger partial charge >= 0.3 is 6.09 Å². The van der Waals surface area contributed by atoms with Crippen LogP contribution in [0.15, 0.2) is 28.6 Å². The second-order valence-electron chi connectivity index (χ2n) is 5.42. The third-order valence-corrected chi connectivity index (χ3v) is 4.08. The van der Waals surface area contributed by atoms with E-state index in [4.69, 9.17) is 10.00 Å². The minimum Gasteiger partial charge on any atom is -0.442 e. The molecule has 7 heteroatoms. The molecule has 1 atom stereocenters. The molecule has 0 heterocycles. The molecule has 0 saturated heterocycles. The molecule has 0 aromatic heterocycles. The lowest BCUT2D eigenvalue weighted by Crippen LogP contribution is -2.23. The maximum absolute atomic E-state index is 12.8. The van der Waals surface area contributed by atoms with Crippen LogP contribution in [0.25, 0.3) is 0 Å². The Morgan fingerprint density at radius 2 is 1.95 bits per heavy atom. The Morgan fingerprint density at radius 3 is 2.43 bits per heavy atom.